The maximum Gasteiger partial charge on any atom is 0.341 e. The molecule has 0 radical (unpaired) electrons. The number of esters is 1. The molecule has 2 aromatic rings. The summed E-state index contributed by atoms with van der Waals surface area (Å²) in [6.07, 6.45) is 0. The minimum atomic E-state index is -0.484. The first-order valence-electron chi connectivity index (χ1n) is 7.86. The van der Waals surface area contributed by atoms with Crippen molar-refractivity contribution in [3.05, 3.63) is 64.7 Å². The van der Waals surface area contributed by atoms with Gasteiger partial charge >= 0.3 is 12.0 Å². The van der Waals surface area contributed by atoms with E-state index in [1.165, 1.54) is 14.2 Å². The van der Waals surface area contributed by atoms with Gasteiger partial charge in [-0.3, -0.25) is 0 Å². The van der Waals surface area contributed by atoms with E-state index in [0.717, 1.165) is 16.7 Å². The molecule has 0 aliphatic heterocycles. The second kappa shape index (κ2) is 8.73. The normalized spacial score (nSPS) is 10.0. The van der Waals surface area contributed by atoms with Crippen LogP contribution in [0.1, 0.15) is 27.0 Å². The third kappa shape index (κ3) is 5.24. The van der Waals surface area contributed by atoms with Crippen molar-refractivity contribution in [2.45, 2.75) is 20.0 Å². The number of methoxy groups -OCH3 is 2. The van der Waals surface area contributed by atoms with Gasteiger partial charge in [-0.1, -0.05) is 35.9 Å². The molecule has 0 bridgehead atoms. The molecule has 0 saturated carbocycles. The van der Waals surface area contributed by atoms with E-state index >= 15 is 0 Å². The Morgan fingerprint density at radius 3 is 2.24 bits per heavy atom. The SMILES string of the molecule is COC(=O)c1cc(CNC(=O)NCc2cccc(C)c2)ccc1OC. The molecule has 0 atom stereocenters. The summed E-state index contributed by atoms with van der Waals surface area (Å²) >= 11 is 0. The molecule has 0 unspecified atom stereocenters. The summed E-state index contributed by atoms with van der Waals surface area (Å²) in [5, 5.41) is 5.56. The van der Waals surface area contributed by atoms with Crippen LogP contribution in [-0.2, 0) is 17.8 Å². The maximum absolute atomic E-state index is 11.9. The zero-order valence-corrected chi connectivity index (χ0v) is 14.6. The van der Waals surface area contributed by atoms with Crippen molar-refractivity contribution in [2.75, 3.05) is 14.2 Å². The van der Waals surface area contributed by atoms with Crippen molar-refractivity contribution >= 4 is 12.0 Å². The molecular formula is C19H22N2O4. The Morgan fingerprint density at radius 1 is 0.960 bits per heavy atom. The summed E-state index contributed by atoms with van der Waals surface area (Å²) in [4.78, 5) is 23.7. The number of urea groups is 1. The number of hydrogen-bond acceptors (Lipinski definition) is 4. The Hall–Kier alpha value is -3.02. The monoisotopic (exact) mass is 342 g/mol. The van der Waals surface area contributed by atoms with E-state index in [2.05, 4.69) is 10.6 Å². The molecule has 132 valence electrons. The standard InChI is InChI=1S/C19H22N2O4/c1-13-5-4-6-14(9-13)11-20-19(23)21-12-15-7-8-17(24-2)16(10-15)18(22)25-3/h4-10H,11-12H2,1-3H3,(H2,20,21,23). The highest BCUT2D eigenvalue weighted by molar-refractivity contribution is 5.92. The van der Waals surface area contributed by atoms with Gasteiger partial charge in [-0.15, -0.1) is 0 Å². The van der Waals surface area contributed by atoms with Crippen LogP contribution in [0, 0.1) is 6.92 Å². The fourth-order valence-electron chi connectivity index (χ4n) is 2.38. The third-order valence-corrected chi connectivity index (χ3v) is 3.66. The Morgan fingerprint density at radius 2 is 1.64 bits per heavy atom. The van der Waals surface area contributed by atoms with E-state index in [9.17, 15) is 9.59 Å². The van der Waals surface area contributed by atoms with Crippen LogP contribution >= 0.6 is 0 Å². The van der Waals surface area contributed by atoms with Gasteiger partial charge in [0.15, 0.2) is 0 Å². The zero-order chi connectivity index (χ0) is 18.2. The molecule has 0 aromatic heterocycles. The summed E-state index contributed by atoms with van der Waals surface area (Å²) in [5.74, 6) is -0.0536. The number of benzene rings is 2. The number of rotatable bonds is 6. The van der Waals surface area contributed by atoms with Crippen molar-refractivity contribution in [3.63, 3.8) is 0 Å². The number of ether oxygens (including phenoxy) is 2. The van der Waals surface area contributed by atoms with Crippen LogP contribution in [0.15, 0.2) is 42.5 Å². The number of nitrogens with one attached hydrogen (secondary N) is 2. The molecule has 2 rings (SSSR count). The Kier molecular flexibility index (Phi) is 6.39. The van der Waals surface area contributed by atoms with Gasteiger partial charge in [-0.2, -0.15) is 0 Å². The summed E-state index contributed by atoms with van der Waals surface area (Å²) in [7, 11) is 2.80. The highest BCUT2D eigenvalue weighted by Gasteiger charge is 2.13. The van der Waals surface area contributed by atoms with Crippen LogP contribution in [-0.4, -0.2) is 26.2 Å². The maximum atomic E-state index is 11.9. The van der Waals surface area contributed by atoms with E-state index in [4.69, 9.17) is 9.47 Å². The lowest BCUT2D eigenvalue weighted by atomic mass is 10.1. The highest BCUT2D eigenvalue weighted by Crippen LogP contribution is 2.20. The summed E-state index contributed by atoms with van der Waals surface area (Å²) in [6.45, 7) is 2.74. The van der Waals surface area contributed by atoms with Gasteiger partial charge in [0.25, 0.3) is 0 Å². The first-order valence-corrected chi connectivity index (χ1v) is 7.86. The average Bonchev–Trinajstić information content (AvgIpc) is 2.63. The lowest BCUT2D eigenvalue weighted by Gasteiger charge is -2.11. The molecule has 0 spiro atoms. The zero-order valence-electron chi connectivity index (χ0n) is 14.6. The largest absolute Gasteiger partial charge is 0.496 e. The van der Waals surface area contributed by atoms with E-state index in [1.54, 1.807) is 18.2 Å². The van der Waals surface area contributed by atoms with E-state index < -0.39 is 5.97 Å². The second-order valence-electron chi connectivity index (χ2n) is 5.55. The first kappa shape index (κ1) is 18.3. The average molecular weight is 342 g/mol. The molecule has 6 nitrogen and oxygen atoms in total. The van der Waals surface area contributed by atoms with Gasteiger partial charge in [0, 0.05) is 13.1 Å². The lowest BCUT2D eigenvalue weighted by molar-refractivity contribution is 0.0597. The van der Waals surface area contributed by atoms with Gasteiger partial charge in [-0.25, -0.2) is 9.59 Å². The minimum absolute atomic E-state index is 0.281. The van der Waals surface area contributed by atoms with Crippen molar-refractivity contribution < 1.29 is 19.1 Å². The highest BCUT2D eigenvalue weighted by atomic mass is 16.5. The minimum Gasteiger partial charge on any atom is -0.496 e. The van der Waals surface area contributed by atoms with Gasteiger partial charge in [0.1, 0.15) is 11.3 Å². The van der Waals surface area contributed by atoms with Crippen LogP contribution in [0.5, 0.6) is 5.75 Å². The fraction of sp³-hybridized carbons (Fsp3) is 0.263. The van der Waals surface area contributed by atoms with E-state index in [0.29, 0.717) is 17.9 Å². The van der Waals surface area contributed by atoms with Crippen molar-refractivity contribution in [2.24, 2.45) is 0 Å². The molecule has 2 N–H and O–H groups in total. The van der Waals surface area contributed by atoms with Crippen LogP contribution in [0.4, 0.5) is 4.79 Å². The first-order chi connectivity index (χ1) is 12.0. The molecule has 0 fully saturated rings. The smallest absolute Gasteiger partial charge is 0.341 e. The molecule has 2 aromatic carbocycles. The van der Waals surface area contributed by atoms with E-state index in [-0.39, 0.29) is 12.6 Å². The summed E-state index contributed by atoms with van der Waals surface area (Å²) in [5.41, 5.74) is 3.28. The molecule has 6 heteroatoms. The topological polar surface area (TPSA) is 76.7 Å². The van der Waals surface area contributed by atoms with E-state index in [1.807, 2.05) is 31.2 Å². The molecule has 2 amide bonds. The molecular weight excluding hydrogens is 320 g/mol. The molecule has 0 saturated heterocycles. The fourth-order valence-corrected chi connectivity index (χ4v) is 2.38. The predicted octanol–water partition coefficient (Wildman–Crippen LogP) is 2.79. The van der Waals surface area contributed by atoms with Crippen molar-refractivity contribution in [1.82, 2.24) is 10.6 Å². The summed E-state index contributed by atoms with van der Waals surface area (Å²) in [6, 6.07) is 12.8. The quantitative estimate of drug-likeness (QED) is 0.792. The van der Waals surface area contributed by atoms with Crippen LogP contribution in [0.25, 0.3) is 0 Å². The number of aryl methyl sites for hydroxylation is 1. The van der Waals surface area contributed by atoms with Gasteiger partial charge < -0.3 is 20.1 Å². The number of hydrogen-bond donors (Lipinski definition) is 2. The molecule has 0 heterocycles. The van der Waals surface area contributed by atoms with Crippen LogP contribution in [0.3, 0.4) is 0 Å². The van der Waals surface area contributed by atoms with Crippen LogP contribution < -0.4 is 15.4 Å². The van der Waals surface area contributed by atoms with Gasteiger partial charge in [0.05, 0.1) is 14.2 Å². The predicted molar refractivity (Wildman–Crippen MR) is 94.6 cm³/mol. The second-order valence-corrected chi connectivity index (χ2v) is 5.55. The van der Waals surface area contributed by atoms with Gasteiger partial charge in [0.2, 0.25) is 0 Å². The lowest BCUT2D eigenvalue weighted by Crippen LogP contribution is -2.34. The number of amides is 2. The van der Waals surface area contributed by atoms with Crippen molar-refractivity contribution in [1.29, 1.82) is 0 Å². The molecule has 25 heavy (non-hydrogen) atoms. The number of carbonyl (C=O) groups excluding carboxylic acids is 2. The Bertz CT molecular complexity index is 759. The molecule has 0 aliphatic carbocycles. The molecule has 0 aliphatic rings. The van der Waals surface area contributed by atoms with Crippen molar-refractivity contribution in [3.8, 4) is 5.75 Å². The van der Waals surface area contributed by atoms with Crippen LogP contribution in [0.2, 0.25) is 0 Å². The number of carbonyl (C=O) groups is 2. The Labute approximate surface area is 147 Å². The Balaban J connectivity index is 1.92. The van der Waals surface area contributed by atoms with Gasteiger partial charge in [-0.05, 0) is 30.2 Å². The summed E-state index contributed by atoms with van der Waals surface area (Å²) < 4.78 is 9.88. The third-order valence-electron chi connectivity index (χ3n) is 3.66.